The summed E-state index contributed by atoms with van der Waals surface area (Å²) in [6, 6.07) is 5.90. The number of anilines is 1. The van der Waals surface area contributed by atoms with Crippen LogP contribution in [-0.2, 0) is 0 Å². The largest absolute Gasteiger partial charge is 0.354 e. The summed E-state index contributed by atoms with van der Waals surface area (Å²) in [5.41, 5.74) is 0. The Balaban J connectivity index is 1.87. The van der Waals surface area contributed by atoms with Crippen molar-refractivity contribution in [2.24, 2.45) is 0 Å². The molecular formula is C13H14N4S. The molecule has 0 amide bonds. The van der Waals surface area contributed by atoms with Crippen LogP contribution >= 0.6 is 11.8 Å². The van der Waals surface area contributed by atoms with E-state index in [4.69, 9.17) is 0 Å². The molecule has 3 heterocycles. The molecule has 3 rings (SSSR count). The van der Waals surface area contributed by atoms with Gasteiger partial charge in [0.05, 0.1) is 0 Å². The molecule has 4 nitrogen and oxygen atoms in total. The first kappa shape index (κ1) is 11.5. The first-order valence-corrected chi connectivity index (χ1v) is 6.90. The van der Waals surface area contributed by atoms with Crippen LogP contribution in [0.4, 0.5) is 5.82 Å². The van der Waals surface area contributed by atoms with Crippen molar-refractivity contribution >= 4 is 17.6 Å². The average Bonchev–Trinajstić information content (AvgIpc) is 2.94. The van der Waals surface area contributed by atoms with Gasteiger partial charge in [0.2, 0.25) is 0 Å². The number of aromatic nitrogens is 3. The lowest BCUT2D eigenvalue weighted by molar-refractivity contribution is 0.885. The van der Waals surface area contributed by atoms with Crippen molar-refractivity contribution in [1.82, 2.24) is 15.0 Å². The Bertz CT molecular complexity index is 511. The second-order valence-corrected chi connectivity index (χ2v) is 5.16. The maximum atomic E-state index is 4.47. The quantitative estimate of drug-likeness (QED) is 0.846. The van der Waals surface area contributed by atoms with Crippen LogP contribution in [0.3, 0.4) is 0 Å². The van der Waals surface area contributed by atoms with Gasteiger partial charge in [-0.2, -0.15) is 0 Å². The van der Waals surface area contributed by atoms with Gasteiger partial charge in [0, 0.05) is 31.7 Å². The topological polar surface area (TPSA) is 41.9 Å². The molecule has 0 aliphatic carbocycles. The standard InChI is InChI=1S/C13H14N4S/c1-2-6-14-11(5-1)18-13-12(15-7-8-16-13)17-9-3-4-10-17/h1-2,5-8H,3-4,9-10H2. The molecule has 92 valence electrons. The summed E-state index contributed by atoms with van der Waals surface area (Å²) in [6.07, 6.45) is 7.78. The van der Waals surface area contributed by atoms with E-state index in [1.165, 1.54) is 12.8 Å². The van der Waals surface area contributed by atoms with Crippen molar-refractivity contribution in [3.05, 3.63) is 36.8 Å². The van der Waals surface area contributed by atoms with Gasteiger partial charge in [0.15, 0.2) is 5.82 Å². The van der Waals surface area contributed by atoms with Crippen molar-refractivity contribution in [1.29, 1.82) is 0 Å². The Morgan fingerprint density at radius 3 is 2.56 bits per heavy atom. The van der Waals surface area contributed by atoms with E-state index >= 15 is 0 Å². The third-order valence-corrected chi connectivity index (χ3v) is 3.82. The first-order valence-electron chi connectivity index (χ1n) is 6.08. The third-order valence-electron chi connectivity index (χ3n) is 2.89. The van der Waals surface area contributed by atoms with Gasteiger partial charge in [-0.3, -0.25) is 0 Å². The minimum atomic E-state index is 0.943. The van der Waals surface area contributed by atoms with Crippen LogP contribution in [0.25, 0.3) is 0 Å². The highest BCUT2D eigenvalue weighted by Crippen LogP contribution is 2.32. The second kappa shape index (κ2) is 5.35. The normalized spacial score (nSPS) is 15.0. The predicted octanol–water partition coefficient (Wildman–Crippen LogP) is 2.62. The highest BCUT2D eigenvalue weighted by molar-refractivity contribution is 7.99. The number of hydrogen-bond donors (Lipinski definition) is 0. The summed E-state index contributed by atoms with van der Waals surface area (Å²) >= 11 is 1.57. The van der Waals surface area contributed by atoms with E-state index < -0.39 is 0 Å². The molecule has 1 fully saturated rings. The van der Waals surface area contributed by atoms with Gasteiger partial charge in [-0.05, 0) is 36.7 Å². The monoisotopic (exact) mass is 258 g/mol. The lowest BCUT2D eigenvalue weighted by Gasteiger charge is -2.18. The Morgan fingerprint density at radius 1 is 0.944 bits per heavy atom. The Kier molecular flexibility index (Phi) is 3.41. The Hall–Kier alpha value is -1.62. The molecule has 0 N–H and O–H groups in total. The van der Waals surface area contributed by atoms with Crippen molar-refractivity contribution < 1.29 is 0 Å². The lowest BCUT2D eigenvalue weighted by Crippen LogP contribution is -2.20. The summed E-state index contributed by atoms with van der Waals surface area (Å²) in [4.78, 5) is 15.5. The fourth-order valence-corrected chi connectivity index (χ4v) is 2.89. The fraction of sp³-hybridized carbons (Fsp3) is 0.308. The summed E-state index contributed by atoms with van der Waals surface area (Å²) < 4.78 is 0. The van der Waals surface area contributed by atoms with Crippen molar-refractivity contribution in [2.45, 2.75) is 22.9 Å². The maximum Gasteiger partial charge on any atom is 0.161 e. The van der Waals surface area contributed by atoms with Crippen LogP contribution in [-0.4, -0.2) is 28.0 Å². The molecule has 18 heavy (non-hydrogen) atoms. The van der Waals surface area contributed by atoms with E-state index in [1.54, 1.807) is 30.4 Å². The fourth-order valence-electron chi connectivity index (χ4n) is 2.04. The molecule has 2 aromatic heterocycles. The molecule has 1 aliphatic rings. The van der Waals surface area contributed by atoms with E-state index in [-0.39, 0.29) is 0 Å². The molecule has 0 saturated carbocycles. The molecule has 0 unspecified atom stereocenters. The molecule has 5 heteroatoms. The van der Waals surface area contributed by atoms with Gasteiger partial charge in [-0.25, -0.2) is 15.0 Å². The minimum absolute atomic E-state index is 0.943. The second-order valence-electron chi connectivity index (χ2n) is 4.15. The van der Waals surface area contributed by atoms with Crippen LogP contribution in [0.15, 0.2) is 46.8 Å². The van der Waals surface area contributed by atoms with Crippen LogP contribution in [0.2, 0.25) is 0 Å². The van der Waals surface area contributed by atoms with Crippen LogP contribution in [0.5, 0.6) is 0 Å². The maximum absolute atomic E-state index is 4.47. The molecule has 0 aromatic carbocycles. The molecule has 0 radical (unpaired) electrons. The zero-order valence-corrected chi connectivity index (χ0v) is 10.8. The lowest BCUT2D eigenvalue weighted by atomic mass is 10.4. The predicted molar refractivity (Wildman–Crippen MR) is 71.8 cm³/mol. The number of nitrogens with zero attached hydrogens (tertiary/aromatic N) is 4. The SMILES string of the molecule is c1ccc(Sc2nccnc2N2CCCC2)nc1. The highest BCUT2D eigenvalue weighted by atomic mass is 32.2. The smallest absolute Gasteiger partial charge is 0.161 e. The highest BCUT2D eigenvalue weighted by Gasteiger charge is 2.18. The molecular weight excluding hydrogens is 244 g/mol. The number of hydrogen-bond acceptors (Lipinski definition) is 5. The minimum Gasteiger partial charge on any atom is -0.354 e. The van der Waals surface area contributed by atoms with Crippen LogP contribution in [0, 0.1) is 0 Å². The van der Waals surface area contributed by atoms with Crippen LogP contribution < -0.4 is 4.90 Å². The van der Waals surface area contributed by atoms with E-state index in [9.17, 15) is 0 Å². The third kappa shape index (κ3) is 2.46. The Morgan fingerprint density at radius 2 is 1.78 bits per heavy atom. The van der Waals surface area contributed by atoms with E-state index in [0.29, 0.717) is 0 Å². The molecule has 0 atom stereocenters. The molecule has 1 aliphatic heterocycles. The Labute approximate surface area is 110 Å². The van der Waals surface area contributed by atoms with Crippen molar-refractivity contribution in [2.75, 3.05) is 18.0 Å². The number of rotatable bonds is 3. The van der Waals surface area contributed by atoms with Crippen molar-refractivity contribution in [3.8, 4) is 0 Å². The van der Waals surface area contributed by atoms with Gasteiger partial charge >= 0.3 is 0 Å². The van der Waals surface area contributed by atoms with Gasteiger partial charge in [0.25, 0.3) is 0 Å². The molecule has 0 bridgehead atoms. The zero-order valence-electron chi connectivity index (χ0n) is 9.99. The van der Waals surface area contributed by atoms with Crippen LogP contribution in [0.1, 0.15) is 12.8 Å². The van der Waals surface area contributed by atoms with E-state index in [0.717, 1.165) is 29.0 Å². The van der Waals surface area contributed by atoms with E-state index in [1.807, 2.05) is 18.2 Å². The summed E-state index contributed by atoms with van der Waals surface area (Å²) in [7, 11) is 0. The summed E-state index contributed by atoms with van der Waals surface area (Å²) in [6.45, 7) is 2.16. The van der Waals surface area contributed by atoms with Gasteiger partial charge < -0.3 is 4.90 Å². The first-order chi connectivity index (χ1) is 8.93. The number of pyridine rings is 1. The molecule has 2 aromatic rings. The zero-order chi connectivity index (χ0) is 12.2. The van der Waals surface area contributed by atoms with E-state index in [2.05, 4.69) is 19.9 Å². The van der Waals surface area contributed by atoms with Gasteiger partial charge in [0.1, 0.15) is 10.1 Å². The van der Waals surface area contributed by atoms with Crippen molar-refractivity contribution in [3.63, 3.8) is 0 Å². The van der Waals surface area contributed by atoms with Gasteiger partial charge in [-0.15, -0.1) is 0 Å². The van der Waals surface area contributed by atoms with Gasteiger partial charge in [-0.1, -0.05) is 6.07 Å². The summed E-state index contributed by atoms with van der Waals surface area (Å²) in [5, 5.41) is 1.90. The molecule has 0 spiro atoms. The average molecular weight is 258 g/mol. The summed E-state index contributed by atoms with van der Waals surface area (Å²) in [5.74, 6) is 0.991. The molecule has 1 saturated heterocycles.